The summed E-state index contributed by atoms with van der Waals surface area (Å²) >= 11 is 0. The average Bonchev–Trinajstić information content (AvgIpc) is 2.45. The van der Waals surface area contributed by atoms with Crippen LogP contribution in [0.15, 0.2) is 12.2 Å². The molecule has 0 saturated heterocycles. The first-order chi connectivity index (χ1) is 6.40. The van der Waals surface area contributed by atoms with Crippen LogP contribution in [0.25, 0.3) is 0 Å². The van der Waals surface area contributed by atoms with Gasteiger partial charge in [-0.25, -0.2) is 0 Å². The third-order valence-electron chi connectivity index (χ3n) is 2.77. The van der Waals surface area contributed by atoms with E-state index in [1.807, 2.05) is 13.8 Å². The normalized spacial score (nSPS) is 19.3. The molecule has 4 nitrogen and oxygen atoms in total. The maximum Gasteiger partial charge on any atom is 0.253 e. The van der Waals surface area contributed by atoms with Crippen LogP contribution in [0.3, 0.4) is 0 Å². The van der Waals surface area contributed by atoms with Crippen LogP contribution in [0, 0.1) is 5.41 Å². The summed E-state index contributed by atoms with van der Waals surface area (Å²) < 4.78 is 0. The highest BCUT2D eigenvalue weighted by atomic mass is 16.3. The highest BCUT2D eigenvalue weighted by Gasteiger charge is 2.37. The Labute approximate surface area is 83.2 Å². The van der Waals surface area contributed by atoms with Gasteiger partial charge >= 0.3 is 0 Å². The average molecular weight is 197 g/mol. The number of aliphatic hydroxyl groups excluding tert-OH is 1. The molecule has 0 aliphatic carbocycles. The van der Waals surface area contributed by atoms with E-state index in [0.717, 1.165) is 0 Å². The molecular formula is C10H15NO3. The zero-order chi connectivity index (χ0) is 10.9. The molecule has 1 unspecified atom stereocenters. The molecule has 14 heavy (non-hydrogen) atoms. The van der Waals surface area contributed by atoms with Crippen molar-refractivity contribution in [2.75, 3.05) is 6.61 Å². The van der Waals surface area contributed by atoms with Gasteiger partial charge in [0.2, 0.25) is 0 Å². The highest BCUT2D eigenvalue weighted by Crippen LogP contribution is 2.26. The monoisotopic (exact) mass is 197 g/mol. The van der Waals surface area contributed by atoms with Crippen molar-refractivity contribution in [2.45, 2.75) is 26.8 Å². The van der Waals surface area contributed by atoms with Crippen molar-refractivity contribution in [2.24, 2.45) is 5.41 Å². The van der Waals surface area contributed by atoms with Crippen LogP contribution in [0.4, 0.5) is 0 Å². The van der Waals surface area contributed by atoms with Crippen LogP contribution in [0.1, 0.15) is 20.8 Å². The molecule has 0 spiro atoms. The van der Waals surface area contributed by atoms with Gasteiger partial charge in [0.25, 0.3) is 11.8 Å². The molecule has 1 N–H and O–H groups in total. The summed E-state index contributed by atoms with van der Waals surface area (Å²) in [7, 11) is 0. The van der Waals surface area contributed by atoms with Crippen molar-refractivity contribution in [3.05, 3.63) is 12.2 Å². The van der Waals surface area contributed by atoms with Gasteiger partial charge in [0.15, 0.2) is 0 Å². The maximum atomic E-state index is 11.3. The van der Waals surface area contributed by atoms with Gasteiger partial charge in [-0.3, -0.25) is 14.5 Å². The summed E-state index contributed by atoms with van der Waals surface area (Å²) in [5.41, 5.74) is -0.475. The van der Waals surface area contributed by atoms with E-state index in [2.05, 4.69) is 0 Å². The maximum absolute atomic E-state index is 11.3. The lowest BCUT2D eigenvalue weighted by Crippen LogP contribution is -2.48. The van der Waals surface area contributed by atoms with Crippen LogP contribution in [0.2, 0.25) is 0 Å². The Balaban J connectivity index is 2.85. The second-order valence-corrected chi connectivity index (χ2v) is 4.20. The van der Waals surface area contributed by atoms with Crippen molar-refractivity contribution >= 4 is 11.8 Å². The number of nitrogens with zero attached hydrogens (tertiary/aromatic N) is 1. The Kier molecular flexibility index (Phi) is 2.76. The van der Waals surface area contributed by atoms with Gasteiger partial charge < -0.3 is 5.11 Å². The molecule has 0 aromatic heterocycles. The number of carbonyl (C=O) groups is 2. The minimum Gasteiger partial charge on any atom is -0.396 e. The Hall–Kier alpha value is -1.16. The third kappa shape index (κ3) is 1.70. The van der Waals surface area contributed by atoms with E-state index in [4.69, 9.17) is 5.11 Å². The van der Waals surface area contributed by atoms with E-state index in [1.165, 1.54) is 17.1 Å². The van der Waals surface area contributed by atoms with Gasteiger partial charge in [0.1, 0.15) is 0 Å². The Morgan fingerprint density at radius 3 is 2.14 bits per heavy atom. The molecule has 2 amide bonds. The minimum absolute atomic E-state index is 0.0643. The second kappa shape index (κ2) is 3.53. The minimum atomic E-state index is -0.475. The lowest BCUT2D eigenvalue weighted by Gasteiger charge is -2.35. The highest BCUT2D eigenvalue weighted by molar-refractivity contribution is 6.13. The van der Waals surface area contributed by atoms with Gasteiger partial charge in [-0.1, -0.05) is 13.8 Å². The smallest absolute Gasteiger partial charge is 0.253 e. The SMILES string of the molecule is CC(N1C(=O)C=CC1=O)C(C)(C)CO. The Morgan fingerprint density at radius 1 is 1.36 bits per heavy atom. The molecule has 0 saturated carbocycles. The largest absolute Gasteiger partial charge is 0.396 e. The summed E-state index contributed by atoms with van der Waals surface area (Å²) in [6.45, 7) is 5.33. The quantitative estimate of drug-likeness (QED) is 0.663. The molecule has 0 fully saturated rings. The van der Waals surface area contributed by atoms with Crippen molar-refractivity contribution in [3.8, 4) is 0 Å². The predicted molar refractivity (Wildman–Crippen MR) is 51.3 cm³/mol. The van der Waals surface area contributed by atoms with Gasteiger partial charge in [-0.2, -0.15) is 0 Å². The zero-order valence-electron chi connectivity index (χ0n) is 8.65. The standard InChI is InChI=1S/C10H15NO3/c1-7(10(2,3)6-12)11-8(13)4-5-9(11)14/h4-5,7,12H,6H2,1-3H3. The summed E-state index contributed by atoms with van der Waals surface area (Å²) in [6, 6.07) is -0.303. The number of hydrogen-bond donors (Lipinski definition) is 1. The summed E-state index contributed by atoms with van der Waals surface area (Å²) in [6.07, 6.45) is 2.51. The van der Waals surface area contributed by atoms with Crippen LogP contribution in [0.5, 0.6) is 0 Å². The number of carbonyl (C=O) groups excluding carboxylic acids is 2. The first-order valence-electron chi connectivity index (χ1n) is 4.56. The molecule has 0 radical (unpaired) electrons. The lowest BCUT2D eigenvalue weighted by atomic mass is 9.85. The van der Waals surface area contributed by atoms with E-state index in [9.17, 15) is 9.59 Å². The van der Waals surface area contributed by atoms with E-state index in [1.54, 1.807) is 6.92 Å². The zero-order valence-corrected chi connectivity index (χ0v) is 8.65. The molecule has 1 atom stereocenters. The summed E-state index contributed by atoms with van der Waals surface area (Å²) in [5, 5.41) is 9.13. The Bertz CT molecular complexity index is 276. The lowest BCUT2D eigenvalue weighted by molar-refractivity contribution is -0.142. The number of imide groups is 1. The van der Waals surface area contributed by atoms with Crippen LogP contribution < -0.4 is 0 Å². The van der Waals surface area contributed by atoms with Crippen LogP contribution in [-0.4, -0.2) is 34.5 Å². The molecule has 1 rings (SSSR count). The second-order valence-electron chi connectivity index (χ2n) is 4.20. The van der Waals surface area contributed by atoms with Gasteiger partial charge in [-0.05, 0) is 6.92 Å². The van der Waals surface area contributed by atoms with Gasteiger partial charge in [0, 0.05) is 23.6 Å². The molecule has 4 heteroatoms. The third-order valence-corrected chi connectivity index (χ3v) is 2.77. The number of amides is 2. The topological polar surface area (TPSA) is 57.6 Å². The van der Waals surface area contributed by atoms with Crippen molar-refractivity contribution in [1.29, 1.82) is 0 Å². The van der Waals surface area contributed by atoms with Crippen LogP contribution in [-0.2, 0) is 9.59 Å². The summed E-state index contributed by atoms with van der Waals surface area (Å²) in [5.74, 6) is -0.604. The van der Waals surface area contributed by atoms with Crippen molar-refractivity contribution in [3.63, 3.8) is 0 Å². The fourth-order valence-corrected chi connectivity index (χ4v) is 1.28. The first kappa shape index (κ1) is 10.9. The predicted octanol–water partition coefficient (Wildman–Crippen LogP) is 0.318. The number of rotatable bonds is 3. The molecule has 1 aliphatic rings. The van der Waals surface area contributed by atoms with Crippen molar-refractivity contribution in [1.82, 2.24) is 4.90 Å². The Morgan fingerprint density at radius 2 is 1.79 bits per heavy atom. The summed E-state index contributed by atoms with van der Waals surface area (Å²) in [4.78, 5) is 23.8. The van der Waals surface area contributed by atoms with E-state index in [-0.39, 0.29) is 24.5 Å². The molecule has 78 valence electrons. The fraction of sp³-hybridized carbons (Fsp3) is 0.600. The fourth-order valence-electron chi connectivity index (χ4n) is 1.28. The molecule has 0 aromatic carbocycles. The molecule has 0 aromatic rings. The van der Waals surface area contributed by atoms with E-state index < -0.39 is 5.41 Å². The van der Waals surface area contributed by atoms with Gasteiger partial charge in [0.05, 0.1) is 6.61 Å². The van der Waals surface area contributed by atoms with E-state index >= 15 is 0 Å². The molecule has 0 bridgehead atoms. The van der Waals surface area contributed by atoms with Crippen molar-refractivity contribution < 1.29 is 14.7 Å². The van der Waals surface area contributed by atoms with Crippen LogP contribution >= 0.6 is 0 Å². The van der Waals surface area contributed by atoms with E-state index in [0.29, 0.717) is 0 Å². The first-order valence-corrected chi connectivity index (χ1v) is 4.56. The molecule has 1 aliphatic heterocycles. The number of aliphatic hydroxyl groups is 1. The van der Waals surface area contributed by atoms with Gasteiger partial charge in [-0.15, -0.1) is 0 Å². The molecule has 1 heterocycles. The molecular weight excluding hydrogens is 182 g/mol. The number of hydrogen-bond acceptors (Lipinski definition) is 3.